The van der Waals surface area contributed by atoms with Gasteiger partial charge in [0.1, 0.15) is 12.0 Å². The van der Waals surface area contributed by atoms with Gasteiger partial charge in [-0.05, 0) is 45.0 Å². The minimum atomic E-state index is -0.362. The number of aromatic nitrogens is 2. The summed E-state index contributed by atoms with van der Waals surface area (Å²) in [5.41, 5.74) is 1.88. The minimum absolute atomic E-state index is 0.130. The molecule has 0 bridgehead atoms. The first-order valence-corrected chi connectivity index (χ1v) is 8.02. The smallest absolute Gasteiger partial charge is 0.274 e. The molecule has 0 aliphatic rings. The maximum absolute atomic E-state index is 12.4. The molecule has 2 amide bonds. The summed E-state index contributed by atoms with van der Waals surface area (Å²) in [6.07, 6.45) is 1.34. The number of halogens is 1. The van der Waals surface area contributed by atoms with E-state index >= 15 is 0 Å². The molecule has 126 valence electrons. The fourth-order valence-electron chi connectivity index (χ4n) is 2.22. The molecule has 2 rings (SSSR count). The van der Waals surface area contributed by atoms with E-state index in [-0.39, 0.29) is 17.5 Å². The van der Waals surface area contributed by atoms with Gasteiger partial charge in [-0.15, -0.1) is 0 Å². The Balaban J connectivity index is 2.18. The number of amides is 2. The normalized spacial score (nSPS) is 10.3. The zero-order valence-corrected chi connectivity index (χ0v) is 14.6. The molecule has 7 heteroatoms. The topological polar surface area (TPSA) is 75.2 Å². The van der Waals surface area contributed by atoms with Crippen molar-refractivity contribution in [3.63, 3.8) is 0 Å². The van der Waals surface area contributed by atoms with Crippen molar-refractivity contribution < 1.29 is 9.59 Å². The van der Waals surface area contributed by atoms with E-state index in [2.05, 4.69) is 15.3 Å². The minimum Gasteiger partial charge on any atom is -0.339 e. The number of rotatable bonds is 5. The van der Waals surface area contributed by atoms with E-state index in [0.29, 0.717) is 35.1 Å². The van der Waals surface area contributed by atoms with Gasteiger partial charge in [-0.3, -0.25) is 9.59 Å². The van der Waals surface area contributed by atoms with Crippen molar-refractivity contribution >= 4 is 29.1 Å². The summed E-state index contributed by atoms with van der Waals surface area (Å²) < 4.78 is 0. The molecule has 1 N–H and O–H groups in total. The zero-order chi connectivity index (χ0) is 17.7. The fourth-order valence-corrected chi connectivity index (χ4v) is 2.48. The molecule has 6 nitrogen and oxygen atoms in total. The Morgan fingerprint density at radius 1 is 1.17 bits per heavy atom. The van der Waals surface area contributed by atoms with Gasteiger partial charge in [0.15, 0.2) is 0 Å². The molecule has 0 spiro atoms. The van der Waals surface area contributed by atoms with E-state index < -0.39 is 0 Å². The Kier molecular flexibility index (Phi) is 5.87. The molecule has 1 heterocycles. The Labute approximate surface area is 145 Å². The monoisotopic (exact) mass is 346 g/mol. The third-order valence-electron chi connectivity index (χ3n) is 3.54. The van der Waals surface area contributed by atoms with Gasteiger partial charge < -0.3 is 10.2 Å². The second kappa shape index (κ2) is 7.88. The summed E-state index contributed by atoms with van der Waals surface area (Å²) in [6.45, 7) is 6.82. The number of aryl methyl sites for hydroxylation is 1. The summed E-state index contributed by atoms with van der Waals surface area (Å²) in [5, 5.41) is 3.01. The van der Waals surface area contributed by atoms with Gasteiger partial charge in [-0.25, -0.2) is 9.97 Å². The van der Waals surface area contributed by atoms with Gasteiger partial charge >= 0.3 is 0 Å². The molecule has 2 aromatic rings. The van der Waals surface area contributed by atoms with E-state index in [9.17, 15) is 9.59 Å². The van der Waals surface area contributed by atoms with Crippen LogP contribution in [0.1, 0.15) is 40.4 Å². The summed E-state index contributed by atoms with van der Waals surface area (Å²) in [5.74, 6) is -0.492. The molecular weight excluding hydrogens is 328 g/mol. The highest BCUT2D eigenvalue weighted by atomic mass is 35.5. The van der Waals surface area contributed by atoms with Crippen molar-refractivity contribution in [2.45, 2.75) is 20.8 Å². The van der Waals surface area contributed by atoms with Crippen molar-refractivity contribution in [1.82, 2.24) is 14.9 Å². The lowest BCUT2D eigenvalue weighted by atomic mass is 10.1. The Morgan fingerprint density at radius 3 is 2.46 bits per heavy atom. The molecule has 0 fully saturated rings. The Bertz CT molecular complexity index is 760. The van der Waals surface area contributed by atoms with Gasteiger partial charge in [-0.1, -0.05) is 11.6 Å². The summed E-state index contributed by atoms with van der Waals surface area (Å²) >= 11 is 6.21. The van der Waals surface area contributed by atoms with E-state index in [1.54, 1.807) is 36.1 Å². The number of nitrogens with one attached hydrogen (secondary N) is 1. The lowest BCUT2D eigenvalue weighted by Gasteiger charge is -2.19. The fraction of sp³-hybridized carbons (Fsp3) is 0.294. The van der Waals surface area contributed by atoms with Crippen LogP contribution in [-0.4, -0.2) is 39.8 Å². The first kappa shape index (κ1) is 17.9. The van der Waals surface area contributed by atoms with E-state index in [1.165, 1.54) is 6.33 Å². The maximum atomic E-state index is 12.4. The Morgan fingerprint density at radius 2 is 1.88 bits per heavy atom. The van der Waals surface area contributed by atoms with Crippen LogP contribution in [0.2, 0.25) is 5.02 Å². The van der Waals surface area contributed by atoms with Gasteiger partial charge in [0.25, 0.3) is 11.8 Å². The van der Waals surface area contributed by atoms with E-state index in [4.69, 9.17) is 11.6 Å². The molecule has 0 saturated carbocycles. The molecule has 24 heavy (non-hydrogen) atoms. The third-order valence-corrected chi connectivity index (χ3v) is 3.86. The van der Waals surface area contributed by atoms with Crippen LogP contribution in [0, 0.1) is 6.92 Å². The molecule has 0 aliphatic heterocycles. The first-order chi connectivity index (χ1) is 11.5. The number of benzene rings is 1. The van der Waals surface area contributed by atoms with Crippen LogP contribution >= 0.6 is 11.6 Å². The van der Waals surface area contributed by atoms with Crippen molar-refractivity contribution in [3.8, 4) is 0 Å². The van der Waals surface area contributed by atoms with Crippen LogP contribution < -0.4 is 5.32 Å². The highest BCUT2D eigenvalue weighted by Gasteiger charge is 2.17. The van der Waals surface area contributed by atoms with Crippen LogP contribution in [0.3, 0.4) is 0 Å². The maximum Gasteiger partial charge on any atom is 0.274 e. The lowest BCUT2D eigenvalue weighted by Crippen LogP contribution is -2.30. The zero-order valence-electron chi connectivity index (χ0n) is 13.8. The predicted molar refractivity (Wildman–Crippen MR) is 93.4 cm³/mol. The summed E-state index contributed by atoms with van der Waals surface area (Å²) in [6, 6.07) is 6.41. The molecule has 0 radical (unpaired) electrons. The average Bonchev–Trinajstić information content (AvgIpc) is 2.56. The van der Waals surface area contributed by atoms with Crippen LogP contribution in [0.15, 0.2) is 30.6 Å². The lowest BCUT2D eigenvalue weighted by molar-refractivity contribution is 0.0773. The van der Waals surface area contributed by atoms with Gasteiger partial charge in [0.2, 0.25) is 0 Å². The summed E-state index contributed by atoms with van der Waals surface area (Å²) in [4.78, 5) is 34.1. The van der Waals surface area contributed by atoms with Crippen molar-refractivity contribution in [3.05, 3.63) is 52.6 Å². The van der Waals surface area contributed by atoms with Crippen molar-refractivity contribution in [1.29, 1.82) is 0 Å². The second-order valence-electron chi connectivity index (χ2n) is 5.17. The van der Waals surface area contributed by atoms with E-state index in [1.807, 2.05) is 13.8 Å². The SMILES string of the molecule is CCN(CC)C(=O)c1ccc(NC(=O)c2cc(C)ncn2)cc1Cl. The first-order valence-electron chi connectivity index (χ1n) is 7.65. The van der Waals surface area contributed by atoms with Crippen LogP contribution in [-0.2, 0) is 0 Å². The van der Waals surface area contributed by atoms with Crippen LogP contribution in [0.4, 0.5) is 5.69 Å². The highest BCUT2D eigenvalue weighted by molar-refractivity contribution is 6.34. The van der Waals surface area contributed by atoms with Gasteiger partial charge in [0, 0.05) is 24.5 Å². The molecule has 1 aromatic carbocycles. The Hall–Kier alpha value is -2.47. The molecular formula is C17H19ClN4O2. The average molecular weight is 347 g/mol. The van der Waals surface area contributed by atoms with Gasteiger partial charge in [-0.2, -0.15) is 0 Å². The highest BCUT2D eigenvalue weighted by Crippen LogP contribution is 2.23. The predicted octanol–water partition coefficient (Wildman–Crippen LogP) is 3.17. The van der Waals surface area contributed by atoms with E-state index in [0.717, 1.165) is 0 Å². The number of carbonyl (C=O) groups excluding carboxylic acids is 2. The number of nitrogens with zero attached hydrogens (tertiary/aromatic N) is 3. The van der Waals surface area contributed by atoms with Crippen molar-refractivity contribution in [2.75, 3.05) is 18.4 Å². The van der Waals surface area contributed by atoms with Crippen LogP contribution in [0.25, 0.3) is 0 Å². The van der Waals surface area contributed by atoms with Gasteiger partial charge in [0.05, 0.1) is 10.6 Å². The number of hydrogen-bond donors (Lipinski definition) is 1. The van der Waals surface area contributed by atoms with Crippen LogP contribution in [0.5, 0.6) is 0 Å². The largest absolute Gasteiger partial charge is 0.339 e. The third kappa shape index (κ3) is 4.08. The number of carbonyl (C=O) groups is 2. The standard InChI is InChI=1S/C17H19ClN4O2/c1-4-22(5-2)17(24)13-7-6-12(9-14(13)18)21-16(23)15-8-11(3)19-10-20-15/h6-10H,4-5H2,1-3H3,(H,21,23). The van der Waals surface area contributed by atoms with Crippen molar-refractivity contribution in [2.24, 2.45) is 0 Å². The number of hydrogen-bond acceptors (Lipinski definition) is 4. The molecule has 0 saturated heterocycles. The molecule has 0 aliphatic carbocycles. The molecule has 0 atom stereocenters. The molecule has 1 aromatic heterocycles. The summed E-state index contributed by atoms with van der Waals surface area (Å²) in [7, 11) is 0. The second-order valence-corrected chi connectivity index (χ2v) is 5.58. The molecule has 0 unspecified atom stereocenters. The quantitative estimate of drug-likeness (QED) is 0.902. The number of anilines is 1.